The number of rotatable bonds is 5. The van der Waals surface area contributed by atoms with Crippen molar-refractivity contribution in [1.82, 2.24) is 15.1 Å². The van der Waals surface area contributed by atoms with Crippen LogP contribution in [-0.2, 0) is 0 Å². The molecule has 2 aromatic rings. The van der Waals surface area contributed by atoms with Crippen molar-refractivity contribution in [3.8, 4) is 5.75 Å². The highest BCUT2D eigenvalue weighted by Gasteiger charge is 2.31. The third kappa shape index (κ3) is 3.40. The van der Waals surface area contributed by atoms with E-state index in [0.717, 1.165) is 19.4 Å². The number of anilines is 1. The Bertz CT molecular complexity index is 645. The summed E-state index contributed by atoms with van der Waals surface area (Å²) in [5.74, 6) is 2.16. The first-order valence-electron chi connectivity index (χ1n) is 7.55. The van der Waals surface area contributed by atoms with Crippen LogP contribution in [0.2, 0.25) is 0 Å². The molecule has 0 bridgehead atoms. The van der Waals surface area contributed by atoms with Gasteiger partial charge in [0.2, 0.25) is 5.89 Å². The molecule has 0 radical (unpaired) electrons. The molecule has 6 nitrogen and oxygen atoms in total. The molecule has 3 heterocycles. The monoisotopic (exact) mass is 324 g/mol. The smallest absolute Gasteiger partial charge is 0.387 e. The van der Waals surface area contributed by atoms with Crippen LogP contribution in [0.15, 0.2) is 22.9 Å². The maximum Gasteiger partial charge on any atom is 0.387 e. The first-order chi connectivity index (χ1) is 11.0. The van der Waals surface area contributed by atoms with E-state index in [0.29, 0.717) is 17.5 Å². The molecule has 1 aliphatic heterocycles. The van der Waals surface area contributed by atoms with Crippen molar-refractivity contribution in [2.24, 2.45) is 0 Å². The lowest BCUT2D eigenvalue weighted by Gasteiger charge is -2.23. The highest BCUT2D eigenvalue weighted by atomic mass is 19.3. The standard InChI is InChI=1S/C15H18F2N4O2/c1-9(2)14-19-13(20-23-14)11-4-3-7-21(11)12-6-5-10(8-18-12)22-15(16)17/h5-6,8-9,11,15H,3-4,7H2,1-2H3. The second-order valence-corrected chi connectivity index (χ2v) is 5.73. The van der Waals surface area contributed by atoms with Gasteiger partial charge < -0.3 is 14.2 Å². The van der Waals surface area contributed by atoms with Crippen LogP contribution in [0.4, 0.5) is 14.6 Å². The molecule has 8 heteroatoms. The number of alkyl halides is 2. The Balaban J connectivity index is 1.78. The zero-order valence-electron chi connectivity index (χ0n) is 12.9. The van der Waals surface area contributed by atoms with Crippen molar-refractivity contribution < 1.29 is 18.0 Å². The molecule has 1 atom stereocenters. The summed E-state index contributed by atoms with van der Waals surface area (Å²) < 4.78 is 34.0. The van der Waals surface area contributed by atoms with E-state index in [-0.39, 0.29) is 17.7 Å². The summed E-state index contributed by atoms with van der Waals surface area (Å²) in [6, 6.07) is 3.14. The van der Waals surface area contributed by atoms with Gasteiger partial charge in [0.1, 0.15) is 11.6 Å². The molecule has 124 valence electrons. The van der Waals surface area contributed by atoms with Gasteiger partial charge in [-0.3, -0.25) is 0 Å². The highest BCUT2D eigenvalue weighted by Crippen LogP contribution is 2.34. The lowest BCUT2D eigenvalue weighted by atomic mass is 10.2. The molecular formula is C15H18F2N4O2. The average Bonchev–Trinajstić information content (AvgIpc) is 3.16. The van der Waals surface area contributed by atoms with Crippen LogP contribution in [0.5, 0.6) is 5.75 Å². The predicted octanol–water partition coefficient (Wildman–Crippen LogP) is 3.53. The highest BCUT2D eigenvalue weighted by molar-refractivity contribution is 5.44. The zero-order valence-corrected chi connectivity index (χ0v) is 12.9. The Kier molecular flexibility index (Phi) is 4.40. The van der Waals surface area contributed by atoms with Crippen molar-refractivity contribution >= 4 is 5.82 Å². The lowest BCUT2D eigenvalue weighted by molar-refractivity contribution is -0.0500. The summed E-state index contributed by atoms with van der Waals surface area (Å²) in [7, 11) is 0. The summed E-state index contributed by atoms with van der Waals surface area (Å²) in [6.07, 6.45) is 3.17. The van der Waals surface area contributed by atoms with Crippen LogP contribution in [0, 0.1) is 0 Å². The number of halogens is 2. The predicted molar refractivity (Wildman–Crippen MR) is 78.6 cm³/mol. The van der Waals surface area contributed by atoms with Gasteiger partial charge in [-0.05, 0) is 25.0 Å². The maximum absolute atomic E-state index is 12.2. The minimum atomic E-state index is -2.85. The molecule has 23 heavy (non-hydrogen) atoms. The quantitative estimate of drug-likeness (QED) is 0.838. The van der Waals surface area contributed by atoms with E-state index in [9.17, 15) is 8.78 Å². The fourth-order valence-electron chi connectivity index (χ4n) is 2.64. The van der Waals surface area contributed by atoms with Gasteiger partial charge in [-0.1, -0.05) is 19.0 Å². The van der Waals surface area contributed by atoms with Gasteiger partial charge in [0, 0.05) is 12.5 Å². The number of hydrogen-bond acceptors (Lipinski definition) is 6. The maximum atomic E-state index is 12.2. The van der Waals surface area contributed by atoms with Crippen molar-refractivity contribution in [1.29, 1.82) is 0 Å². The van der Waals surface area contributed by atoms with Crippen LogP contribution < -0.4 is 9.64 Å². The Hall–Kier alpha value is -2.25. The van der Waals surface area contributed by atoms with Gasteiger partial charge >= 0.3 is 6.61 Å². The molecule has 1 fully saturated rings. The van der Waals surface area contributed by atoms with Gasteiger partial charge in [0.15, 0.2) is 5.82 Å². The molecule has 1 aliphatic rings. The summed E-state index contributed by atoms with van der Waals surface area (Å²) in [5, 5.41) is 4.07. The molecule has 0 amide bonds. The Labute approximate surface area is 132 Å². The molecule has 1 unspecified atom stereocenters. The molecule has 1 saturated heterocycles. The number of ether oxygens (including phenoxy) is 1. The van der Waals surface area contributed by atoms with E-state index in [1.807, 2.05) is 13.8 Å². The molecule has 2 aromatic heterocycles. The largest absolute Gasteiger partial charge is 0.433 e. The summed E-state index contributed by atoms with van der Waals surface area (Å²) in [4.78, 5) is 10.7. The van der Waals surface area contributed by atoms with Crippen molar-refractivity contribution in [2.45, 2.75) is 45.3 Å². The van der Waals surface area contributed by atoms with Crippen molar-refractivity contribution in [2.75, 3.05) is 11.4 Å². The molecule has 3 rings (SSSR count). The second kappa shape index (κ2) is 6.47. The van der Waals surface area contributed by atoms with Gasteiger partial charge in [0.05, 0.1) is 12.2 Å². The van der Waals surface area contributed by atoms with E-state index in [1.54, 1.807) is 6.07 Å². The minimum Gasteiger partial charge on any atom is -0.433 e. The number of pyridine rings is 1. The van der Waals surface area contributed by atoms with E-state index >= 15 is 0 Å². The van der Waals surface area contributed by atoms with Crippen molar-refractivity contribution in [3.05, 3.63) is 30.0 Å². The number of nitrogens with zero attached hydrogens (tertiary/aromatic N) is 4. The van der Waals surface area contributed by atoms with E-state index in [2.05, 4.69) is 24.8 Å². The number of aromatic nitrogens is 3. The molecule has 0 saturated carbocycles. The third-order valence-electron chi connectivity index (χ3n) is 3.74. The topological polar surface area (TPSA) is 64.3 Å². The summed E-state index contributed by atoms with van der Waals surface area (Å²) in [6.45, 7) is 1.94. The van der Waals surface area contributed by atoms with Gasteiger partial charge in [-0.15, -0.1) is 0 Å². The normalized spacial score (nSPS) is 18.2. The molecule has 0 N–H and O–H groups in total. The minimum absolute atomic E-state index is 0.0133. The Morgan fingerprint density at radius 2 is 2.17 bits per heavy atom. The number of hydrogen-bond donors (Lipinski definition) is 0. The van der Waals surface area contributed by atoms with Gasteiger partial charge in [-0.25, -0.2) is 4.98 Å². The first-order valence-corrected chi connectivity index (χ1v) is 7.55. The van der Waals surface area contributed by atoms with Crippen LogP contribution in [0.3, 0.4) is 0 Å². The fourth-order valence-corrected chi connectivity index (χ4v) is 2.64. The summed E-state index contributed by atoms with van der Waals surface area (Å²) in [5.41, 5.74) is 0. The van der Waals surface area contributed by atoms with Gasteiger partial charge in [-0.2, -0.15) is 13.8 Å². The Morgan fingerprint density at radius 3 is 2.78 bits per heavy atom. The fraction of sp³-hybridized carbons (Fsp3) is 0.533. The van der Waals surface area contributed by atoms with Crippen LogP contribution in [0.25, 0.3) is 0 Å². The van der Waals surface area contributed by atoms with Gasteiger partial charge in [0.25, 0.3) is 0 Å². The lowest BCUT2D eigenvalue weighted by Crippen LogP contribution is -2.24. The SMILES string of the molecule is CC(C)c1nc(C2CCCN2c2ccc(OC(F)F)cn2)no1. The third-order valence-corrected chi connectivity index (χ3v) is 3.74. The van der Waals surface area contributed by atoms with Crippen LogP contribution in [0.1, 0.15) is 50.4 Å². The molecule has 0 aromatic carbocycles. The molecular weight excluding hydrogens is 306 g/mol. The Morgan fingerprint density at radius 1 is 1.35 bits per heavy atom. The van der Waals surface area contributed by atoms with E-state index in [1.165, 1.54) is 12.3 Å². The summed E-state index contributed by atoms with van der Waals surface area (Å²) >= 11 is 0. The average molecular weight is 324 g/mol. The second-order valence-electron chi connectivity index (χ2n) is 5.73. The van der Waals surface area contributed by atoms with Crippen molar-refractivity contribution in [3.63, 3.8) is 0 Å². The first kappa shape index (κ1) is 15.6. The zero-order chi connectivity index (χ0) is 16.4. The van der Waals surface area contributed by atoms with E-state index < -0.39 is 6.61 Å². The molecule has 0 spiro atoms. The van der Waals surface area contributed by atoms with Crippen LogP contribution in [-0.4, -0.2) is 28.3 Å². The van der Waals surface area contributed by atoms with Crippen LogP contribution >= 0.6 is 0 Å². The van der Waals surface area contributed by atoms with E-state index in [4.69, 9.17) is 4.52 Å². The molecule has 0 aliphatic carbocycles.